The SMILES string of the molecule is CC(C)CC(NC(=O)C(N)Cc1c[nH]c2ccccc12)C(=O)NCC(=O)NC(CS)C(=O)O. The third-order valence-corrected chi connectivity index (χ3v) is 5.40. The fourth-order valence-electron chi connectivity index (χ4n) is 3.33. The average molecular weight is 478 g/mol. The van der Waals surface area contributed by atoms with Crippen molar-refractivity contribution >= 4 is 47.2 Å². The fourth-order valence-corrected chi connectivity index (χ4v) is 3.58. The molecule has 10 nitrogen and oxygen atoms in total. The van der Waals surface area contributed by atoms with Crippen LogP contribution in [0.2, 0.25) is 0 Å². The second-order valence-corrected chi connectivity index (χ2v) is 8.58. The zero-order valence-corrected chi connectivity index (χ0v) is 19.5. The minimum absolute atomic E-state index is 0.0836. The predicted molar refractivity (Wildman–Crippen MR) is 128 cm³/mol. The minimum atomic E-state index is -1.22. The molecule has 2 aromatic rings. The monoisotopic (exact) mass is 477 g/mol. The number of aliphatic carboxylic acids is 1. The van der Waals surface area contributed by atoms with E-state index in [0.717, 1.165) is 16.5 Å². The van der Waals surface area contributed by atoms with Crippen LogP contribution in [-0.4, -0.2) is 64.2 Å². The summed E-state index contributed by atoms with van der Waals surface area (Å²) in [5.74, 6) is -2.93. The molecular formula is C22H31N5O5S. The maximum atomic E-state index is 12.7. The van der Waals surface area contributed by atoms with Crippen molar-refractivity contribution in [3.8, 4) is 0 Å². The number of rotatable bonds is 12. The molecule has 0 aliphatic heterocycles. The maximum Gasteiger partial charge on any atom is 0.327 e. The van der Waals surface area contributed by atoms with E-state index in [2.05, 4.69) is 33.6 Å². The molecule has 0 fully saturated rings. The molecule has 0 aliphatic rings. The number of fused-ring (bicyclic) bond motifs is 1. The summed E-state index contributed by atoms with van der Waals surface area (Å²) in [7, 11) is 0. The standard InChI is InChI=1S/C22H31N5O5S/c1-12(2)7-17(21(30)25-10-19(28)26-18(11-33)22(31)32)27-20(29)15(23)8-13-9-24-16-6-4-3-5-14(13)16/h3-6,9,12,15,17-18,24,33H,7-8,10-11,23H2,1-2H3,(H,25,30)(H,26,28)(H,27,29)(H,31,32). The van der Waals surface area contributed by atoms with Crippen molar-refractivity contribution in [3.05, 3.63) is 36.0 Å². The van der Waals surface area contributed by atoms with Crippen molar-refractivity contribution in [1.29, 1.82) is 0 Å². The first kappa shape index (κ1) is 26.2. The molecule has 3 unspecified atom stereocenters. The van der Waals surface area contributed by atoms with Crippen LogP contribution in [0, 0.1) is 5.92 Å². The Bertz CT molecular complexity index is 992. The van der Waals surface area contributed by atoms with E-state index in [-0.39, 0.29) is 18.1 Å². The van der Waals surface area contributed by atoms with Gasteiger partial charge < -0.3 is 31.8 Å². The summed E-state index contributed by atoms with van der Waals surface area (Å²) in [6, 6.07) is 4.75. The lowest BCUT2D eigenvalue weighted by Crippen LogP contribution is -2.54. The molecule has 3 atom stereocenters. The predicted octanol–water partition coefficient (Wildman–Crippen LogP) is 0.184. The highest BCUT2D eigenvalue weighted by atomic mass is 32.1. The van der Waals surface area contributed by atoms with Crippen LogP contribution in [0.15, 0.2) is 30.5 Å². The number of para-hydroxylation sites is 1. The number of hydrogen-bond acceptors (Lipinski definition) is 6. The van der Waals surface area contributed by atoms with Gasteiger partial charge in [0.15, 0.2) is 0 Å². The molecule has 0 aliphatic carbocycles. The number of carbonyl (C=O) groups excluding carboxylic acids is 3. The summed E-state index contributed by atoms with van der Waals surface area (Å²) in [6.45, 7) is 3.37. The van der Waals surface area contributed by atoms with Crippen LogP contribution in [0.4, 0.5) is 0 Å². The number of nitrogens with one attached hydrogen (secondary N) is 4. The Hall–Kier alpha value is -3.05. The topological polar surface area (TPSA) is 166 Å². The van der Waals surface area contributed by atoms with E-state index in [1.165, 1.54) is 0 Å². The molecule has 1 heterocycles. The fraction of sp³-hybridized carbons (Fsp3) is 0.455. The molecule has 3 amide bonds. The summed E-state index contributed by atoms with van der Waals surface area (Å²) in [5, 5.41) is 17.3. The van der Waals surface area contributed by atoms with E-state index >= 15 is 0 Å². The Morgan fingerprint density at radius 1 is 1.09 bits per heavy atom. The van der Waals surface area contributed by atoms with Gasteiger partial charge in [0, 0.05) is 22.9 Å². The van der Waals surface area contributed by atoms with E-state index in [1.807, 2.05) is 44.3 Å². The number of carboxylic acids is 1. The van der Waals surface area contributed by atoms with Crippen LogP contribution in [0.1, 0.15) is 25.8 Å². The first-order chi connectivity index (χ1) is 15.6. The number of thiol groups is 1. The second kappa shape index (κ2) is 12.3. The average Bonchev–Trinajstić information content (AvgIpc) is 3.17. The molecule has 0 spiro atoms. The van der Waals surface area contributed by atoms with Crippen LogP contribution in [0.3, 0.4) is 0 Å². The van der Waals surface area contributed by atoms with Gasteiger partial charge in [-0.05, 0) is 30.4 Å². The van der Waals surface area contributed by atoms with Gasteiger partial charge in [-0.3, -0.25) is 14.4 Å². The highest BCUT2D eigenvalue weighted by Crippen LogP contribution is 2.18. The molecule has 180 valence electrons. The number of nitrogens with two attached hydrogens (primary N) is 1. The van der Waals surface area contributed by atoms with Gasteiger partial charge in [-0.2, -0.15) is 12.6 Å². The molecule has 1 aromatic heterocycles. The van der Waals surface area contributed by atoms with Gasteiger partial charge in [-0.1, -0.05) is 32.0 Å². The van der Waals surface area contributed by atoms with Crippen molar-refractivity contribution in [2.45, 2.75) is 44.8 Å². The zero-order chi connectivity index (χ0) is 24.5. The molecule has 33 heavy (non-hydrogen) atoms. The molecule has 7 N–H and O–H groups in total. The van der Waals surface area contributed by atoms with Gasteiger partial charge in [0.25, 0.3) is 0 Å². The number of hydrogen-bond donors (Lipinski definition) is 7. The zero-order valence-electron chi connectivity index (χ0n) is 18.6. The number of H-pyrrole nitrogens is 1. The van der Waals surface area contributed by atoms with Crippen LogP contribution in [0.25, 0.3) is 10.9 Å². The van der Waals surface area contributed by atoms with E-state index in [4.69, 9.17) is 10.8 Å². The van der Waals surface area contributed by atoms with Crippen LogP contribution in [-0.2, 0) is 25.6 Å². The van der Waals surface area contributed by atoms with Gasteiger partial charge in [0.2, 0.25) is 17.7 Å². The Kier molecular flexibility index (Phi) is 9.74. The van der Waals surface area contributed by atoms with E-state index < -0.39 is 48.4 Å². The van der Waals surface area contributed by atoms with Gasteiger partial charge in [0.05, 0.1) is 12.6 Å². The lowest BCUT2D eigenvalue weighted by Gasteiger charge is -2.22. The number of amides is 3. The third-order valence-electron chi connectivity index (χ3n) is 5.03. The molecule has 1 aromatic carbocycles. The highest BCUT2D eigenvalue weighted by molar-refractivity contribution is 7.80. The van der Waals surface area contributed by atoms with Crippen molar-refractivity contribution in [1.82, 2.24) is 20.9 Å². The lowest BCUT2D eigenvalue weighted by atomic mass is 10.0. The summed E-state index contributed by atoms with van der Waals surface area (Å²) in [6.07, 6.45) is 2.44. The van der Waals surface area contributed by atoms with Crippen LogP contribution >= 0.6 is 12.6 Å². The quantitative estimate of drug-likeness (QED) is 0.215. The van der Waals surface area contributed by atoms with Crippen molar-refractivity contribution in [3.63, 3.8) is 0 Å². The number of benzene rings is 1. The largest absolute Gasteiger partial charge is 0.480 e. The molecular weight excluding hydrogens is 446 g/mol. The van der Waals surface area contributed by atoms with Gasteiger partial charge >= 0.3 is 5.97 Å². The van der Waals surface area contributed by atoms with Gasteiger partial charge in [0.1, 0.15) is 12.1 Å². The van der Waals surface area contributed by atoms with Crippen LogP contribution in [0.5, 0.6) is 0 Å². The molecule has 0 bridgehead atoms. The third kappa shape index (κ3) is 7.79. The Balaban J connectivity index is 1.96. The normalized spacial score (nSPS) is 13.8. The Labute approximate surface area is 197 Å². The highest BCUT2D eigenvalue weighted by Gasteiger charge is 2.26. The smallest absolute Gasteiger partial charge is 0.327 e. The summed E-state index contributed by atoms with van der Waals surface area (Å²) in [4.78, 5) is 51.4. The minimum Gasteiger partial charge on any atom is -0.480 e. The summed E-state index contributed by atoms with van der Waals surface area (Å²) >= 11 is 3.87. The van der Waals surface area contributed by atoms with Crippen molar-refractivity contribution < 1.29 is 24.3 Å². The first-order valence-electron chi connectivity index (χ1n) is 10.6. The molecule has 0 saturated heterocycles. The molecule has 0 saturated carbocycles. The molecule has 11 heteroatoms. The second-order valence-electron chi connectivity index (χ2n) is 8.22. The van der Waals surface area contributed by atoms with E-state index in [9.17, 15) is 19.2 Å². The number of aromatic nitrogens is 1. The summed E-state index contributed by atoms with van der Waals surface area (Å²) in [5.41, 5.74) is 7.95. The molecule has 0 radical (unpaired) electrons. The lowest BCUT2D eigenvalue weighted by molar-refractivity contribution is -0.141. The van der Waals surface area contributed by atoms with Crippen LogP contribution < -0.4 is 21.7 Å². The van der Waals surface area contributed by atoms with Gasteiger partial charge in [-0.25, -0.2) is 4.79 Å². The molecule has 2 rings (SSSR count). The van der Waals surface area contributed by atoms with Gasteiger partial charge in [-0.15, -0.1) is 0 Å². The summed E-state index contributed by atoms with van der Waals surface area (Å²) < 4.78 is 0. The maximum absolute atomic E-state index is 12.7. The number of carboxylic acid groups (broad SMARTS) is 1. The van der Waals surface area contributed by atoms with Crippen molar-refractivity contribution in [2.24, 2.45) is 11.7 Å². The first-order valence-corrected chi connectivity index (χ1v) is 11.3. The van der Waals surface area contributed by atoms with Crippen molar-refractivity contribution in [2.75, 3.05) is 12.3 Å². The number of aromatic amines is 1. The van der Waals surface area contributed by atoms with E-state index in [1.54, 1.807) is 0 Å². The van der Waals surface area contributed by atoms with E-state index in [0.29, 0.717) is 6.42 Å². The Morgan fingerprint density at radius 2 is 1.79 bits per heavy atom. The Morgan fingerprint density at radius 3 is 2.42 bits per heavy atom. The number of carbonyl (C=O) groups is 4.